The van der Waals surface area contributed by atoms with Crippen molar-refractivity contribution in [1.29, 1.82) is 0 Å². The highest BCUT2D eigenvalue weighted by Crippen LogP contribution is 2.14. The zero-order chi connectivity index (χ0) is 20.8. The molecule has 0 aliphatic rings. The number of carbonyl (C=O) groups is 3. The van der Waals surface area contributed by atoms with Crippen LogP contribution in [-0.4, -0.2) is 17.8 Å². The van der Waals surface area contributed by atoms with E-state index < -0.39 is 17.5 Å². The predicted octanol–water partition coefficient (Wildman–Crippen LogP) is 2.43. The summed E-state index contributed by atoms with van der Waals surface area (Å²) in [4.78, 5) is 33.4. The number of aliphatic carboxylic acids is 2. The molecular formula is C22H29NO5-2. The van der Waals surface area contributed by atoms with Crippen LogP contribution in [0.2, 0.25) is 0 Å². The first kappa shape index (κ1) is 23.4. The first-order valence-electron chi connectivity index (χ1n) is 9.98. The van der Waals surface area contributed by atoms with Crippen LogP contribution in [0.1, 0.15) is 76.7 Å². The van der Waals surface area contributed by atoms with Crippen molar-refractivity contribution in [2.24, 2.45) is 0 Å². The van der Waals surface area contributed by atoms with Crippen LogP contribution in [0.15, 0.2) is 29.8 Å². The van der Waals surface area contributed by atoms with Crippen molar-refractivity contribution in [3.05, 3.63) is 35.4 Å². The molecule has 0 fully saturated rings. The van der Waals surface area contributed by atoms with Gasteiger partial charge in [0, 0.05) is 17.7 Å². The highest BCUT2D eigenvalue weighted by atomic mass is 16.4. The van der Waals surface area contributed by atoms with E-state index in [0.717, 1.165) is 25.3 Å². The molecule has 0 heterocycles. The molecule has 0 saturated heterocycles. The molecule has 28 heavy (non-hydrogen) atoms. The van der Waals surface area contributed by atoms with Crippen molar-refractivity contribution in [2.45, 2.75) is 71.1 Å². The minimum atomic E-state index is -1.81. The Bertz CT molecular complexity index is 648. The third-order valence-electron chi connectivity index (χ3n) is 4.45. The lowest BCUT2D eigenvalue weighted by Gasteiger charge is -2.10. The minimum Gasteiger partial charge on any atom is -0.545 e. The van der Waals surface area contributed by atoms with Crippen LogP contribution in [0.4, 0.5) is 5.69 Å². The number of hydrogen-bond donors (Lipinski definition) is 1. The molecule has 0 radical (unpaired) electrons. The summed E-state index contributed by atoms with van der Waals surface area (Å²) in [6, 6.07) is 6.20. The SMILES string of the molecule is CCCCCCCCCCCC(=O)Nc1ccc(C=C(C(=O)[O-])C(=O)[O-])cc1. The van der Waals surface area contributed by atoms with Gasteiger partial charge in [-0.25, -0.2) is 0 Å². The smallest absolute Gasteiger partial charge is 0.224 e. The zero-order valence-electron chi connectivity index (χ0n) is 16.5. The molecule has 0 atom stereocenters. The van der Waals surface area contributed by atoms with Gasteiger partial charge in [0.1, 0.15) is 0 Å². The fraction of sp³-hybridized carbons (Fsp3) is 0.500. The maximum atomic E-state index is 12.0. The van der Waals surface area contributed by atoms with Gasteiger partial charge in [-0.1, -0.05) is 70.4 Å². The molecule has 0 bridgehead atoms. The first-order valence-corrected chi connectivity index (χ1v) is 9.98. The second-order valence-electron chi connectivity index (χ2n) is 6.88. The van der Waals surface area contributed by atoms with Crippen LogP contribution in [-0.2, 0) is 14.4 Å². The molecular weight excluding hydrogens is 358 g/mol. The molecule has 6 heteroatoms. The molecule has 0 unspecified atom stereocenters. The number of benzene rings is 1. The van der Waals surface area contributed by atoms with E-state index in [1.54, 1.807) is 12.1 Å². The second kappa shape index (κ2) is 13.5. The highest BCUT2D eigenvalue weighted by molar-refractivity contribution is 6.14. The summed E-state index contributed by atoms with van der Waals surface area (Å²) in [5.41, 5.74) is 0.00371. The van der Waals surface area contributed by atoms with Crippen molar-refractivity contribution >= 4 is 29.6 Å². The molecule has 1 N–H and O–H groups in total. The Morgan fingerprint density at radius 3 is 1.82 bits per heavy atom. The normalized spacial score (nSPS) is 10.3. The van der Waals surface area contributed by atoms with Gasteiger partial charge in [0.2, 0.25) is 5.91 Å². The number of carboxylic acid groups (broad SMARTS) is 2. The van der Waals surface area contributed by atoms with Gasteiger partial charge >= 0.3 is 0 Å². The first-order chi connectivity index (χ1) is 13.4. The Hall–Kier alpha value is -2.63. The summed E-state index contributed by atoms with van der Waals surface area (Å²) >= 11 is 0. The fourth-order valence-electron chi connectivity index (χ4n) is 2.85. The third-order valence-corrected chi connectivity index (χ3v) is 4.45. The highest BCUT2D eigenvalue weighted by Gasteiger charge is 2.04. The quantitative estimate of drug-likeness (QED) is 0.228. The van der Waals surface area contributed by atoms with Crippen LogP contribution < -0.4 is 15.5 Å². The summed E-state index contributed by atoms with van der Waals surface area (Å²) in [5, 5.41) is 24.2. The summed E-state index contributed by atoms with van der Waals surface area (Å²) in [6.07, 6.45) is 12.1. The van der Waals surface area contributed by atoms with E-state index in [-0.39, 0.29) is 5.91 Å². The molecule has 0 aliphatic heterocycles. The van der Waals surface area contributed by atoms with Gasteiger partial charge in [0.25, 0.3) is 0 Å². The van der Waals surface area contributed by atoms with Crippen LogP contribution >= 0.6 is 0 Å². The number of carboxylic acids is 2. The van der Waals surface area contributed by atoms with Crippen molar-refractivity contribution < 1.29 is 24.6 Å². The summed E-state index contributed by atoms with van der Waals surface area (Å²) in [7, 11) is 0. The molecule has 6 nitrogen and oxygen atoms in total. The maximum absolute atomic E-state index is 12.0. The lowest BCUT2D eigenvalue weighted by atomic mass is 10.1. The van der Waals surface area contributed by atoms with Crippen LogP contribution in [0.25, 0.3) is 6.08 Å². The monoisotopic (exact) mass is 387 g/mol. The van der Waals surface area contributed by atoms with Crippen molar-refractivity contribution in [2.75, 3.05) is 5.32 Å². The lowest BCUT2D eigenvalue weighted by Crippen LogP contribution is -2.36. The van der Waals surface area contributed by atoms with E-state index in [4.69, 9.17) is 0 Å². The number of rotatable bonds is 14. The molecule has 1 rings (SSSR count). The van der Waals surface area contributed by atoms with Crippen molar-refractivity contribution in [3.63, 3.8) is 0 Å². The minimum absolute atomic E-state index is 0.0728. The summed E-state index contributed by atoms with van der Waals surface area (Å²) in [5.74, 6) is -3.69. The van der Waals surface area contributed by atoms with Crippen molar-refractivity contribution in [1.82, 2.24) is 0 Å². The van der Waals surface area contributed by atoms with E-state index in [9.17, 15) is 24.6 Å². The largest absolute Gasteiger partial charge is 0.545 e. The van der Waals surface area contributed by atoms with Gasteiger partial charge in [-0.15, -0.1) is 0 Å². The molecule has 0 aromatic heterocycles. The number of nitrogens with one attached hydrogen (secondary N) is 1. The second-order valence-corrected chi connectivity index (χ2v) is 6.88. The molecule has 1 amide bonds. The van der Waals surface area contributed by atoms with E-state index in [2.05, 4.69) is 12.2 Å². The Balaban J connectivity index is 2.30. The van der Waals surface area contributed by atoms with Gasteiger partial charge in [0.05, 0.1) is 11.9 Å². The van der Waals surface area contributed by atoms with E-state index in [1.807, 2.05) is 0 Å². The summed E-state index contributed by atoms with van der Waals surface area (Å²) < 4.78 is 0. The van der Waals surface area contributed by atoms with Gasteiger partial charge in [-0.05, 0) is 30.2 Å². The fourth-order valence-corrected chi connectivity index (χ4v) is 2.85. The average Bonchev–Trinajstić information content (AvgIpc) is 2.65. The summed E-state index contributed by atoms with van der Waals surface area (Å²) in [6.45, 7) is 2.21. The van der Waals surface area contributed by atoms with E-state index in [1.165, 1.54) is 50.7 Å². The van der Waals surface area contributed by atoms with Crippen molar-refractivity contribution in [3.8, 4) is 0 Å². The number of carbonyl (C=O) groups excluding carboxylic acids is 3. The topological polar surface area (TPSA) is 109 Å². The molecule has 0 spiro atoms. The molecule has 1 aromatic rings. The van der Waals surface area contributed by atoms with E-state index in [0.29, 0.717) is 17.7 Å². The third kappa shape index (κ3) is 9.90. The zero-order valence-corrected chi connectivity index (χ0v) is 16.5. The Kier molecular flexibility index (Phi) is 11.3. The number of hydrogen-bond acceptors (Lipinski definition) is 5. The lowest BCUT2D eigenvalue weighted by molar-refractivity contribution is -0.311. The Morgan fingerprint density at radius 2 is 1.32 bits per heavy atom. The Morgan fingerprint density at radius 1 is 0.821 bits per heavy atom. The van der Waals surface area contributed by atoms with E-state index >= 15 is 0 Å². The number of anilines is 1. The van der Waals surface area contributed by atoms with Crippen LogP contribution in [0.3, 0.4) is 0 Å². The Labute approximate surface area is 166 Å². The van der Waals surface area contributed by atoms with Crippen LogP contribution in [0.5, 0.6) is 0 Å². The standard InChI is InChI=1S/C22H31NO5/c1-2-3-4-5-6-7-8-9-10-11-20(24)23-18-14-12-17(13-15-18)16-19(21(25)26)22(27)28/h12-16H,2-11H2,1H3,(H,23,24)(H,25,26)(H,27,28)/p-2. The molecule has 0 aliphatic carbocycles. The van der Waals surface area contributed by atoms with Gasteiger partial charge in [-0.2, -0.15) is 0 Å². The van der Waals surface area contributed by atoms with Gasteiger partial charge in [0.15, 0.2) is 0 Å². The average molecular weight is 387 g/mol. The maximum Gasteiger partial charge on any atom is 0.224 e. The van der Waals surface area contributed by atoms with Gasteiger partial charge < -0.3 is 25.1 Å². The number of amides is 1. The molecule has 0 saturated carbocycles. The van der Waals surface area contributed by atoms with Gasteiger partial charge in [-0.3, -0.25) is 4.79 Å². The molecule has 1 aromatic carbocycles. The van der Waals surface area contributed by atoms with Crippen LogP contribution in [0, 0.1) is 0 Å². The molecule has 154 valence electrons. The predicted molar refractivity (Wildman–Crippen MR) is 105 cm³/mol. The number of unbranched alkanes of at least 4 members (excludes halogenated alkanes) is 8.